The lowest BCUT2D eigenvalue weighted by Gasteiger charge is -2.13. The molecule has 0 heterocycles. The van der Waals surface area contributed by atoms with Crippen molar-refractivity contribution in [3.63, 3.8) is 0 Å². The van der Waals surface area contributed by atoms with Crippen LogP contribution in [0.15, 0.2) is 35.9 Å². The Balaban J connectivity index is 2.33. The van der Waals surface area contributed by atoms with Gasteiger partial charge in [-0.05, 0) is 49.2 Å². The molecule has 0 saturated carbocycles. The van der Waals surface area contributed by atoms with E-state index in [1.807, 2.05) is 6.07 Å². The largest absolute Gasteiger partial charge is 0.495 e. The van der Waals surface area contributed by atoms with Crippen molar-refractivity contribution < 1.29 is 27.8 Å². The van der Waals surface area contributed by atoms with Gasteiger partial charge in [0.2, 0.25) is 0 Å². The number of nitrogens with zero attached hydrogens (tertiary/aromatic N) is 1. The van der Waals surface area contributed by atoms with Gasteiger partial charge in [0.05, 0.1) is 19.4 Å². The molecule has 0 aromatic heterocycles. The molecule has 158 valence electrons. The Labute approximate surface area is 177 Å². The van der Waals surface area contributed by atoms with E-state index in [0.717, 1.165) is 0 Å². The summed E-state index contributed by atoms with van der Waals surface area (Å²) in [5.74, 6) is -0.417. The SMILES string of the molecule is CCOc1cc(/C=C(\C#N)C(=O)Nc2cc(C)c(Cl)cc2OC)ccc1OC(F)F. The molecule has 6 nitrogen and oxygen atoms in total. The molecule has 30 heavy (non-hydrogen) atoms. The second kappa shape index (κ2) is 10.5. The normalized spacial score (nSPS) is 11.1. The van der Waals surface area contributed by atoms with E-state index >= 15 is 0 Å². The third-order valence-corrected chi connectivity index (χ3v) is 4.30. The van der Waals surface area contributed by atoms with E-state index in [-0.39, 0.29) is 23.7 Å². The maximum atomic E-state index is 12.6. The summed E-state index contributed by atoms with van der Waals surface area (Å²) in [5.41, 5.74) is 1.24. The molecule has 2 aromatic carbocycles. The van der Waals surface area contributed by atoms with Gasteiger partial charge in [-0.3, -0.25) is 4.79 Å². The maximum absolute atomic E-state index is 12.6. The zero-order valence-corrected chi connectivity index (χ0v) is 17.2. The molecule has 0 bridgehead atoms. The molecule has 1 N–H and O–H groups in total. The first kappa shape index (κ1) is 23.0. The van der Waals surface area contributed by atoms with Crippen LogP contribution in [0.25, 0.3) is 6.08 Å². The van der Waals surface area contributed by atoms with Crippen LogP contribution in [0.1, 0.15) is 18.1 Å². The fourth-order valence-electron chi connectivity index (χ4n) is 2.51. The Bertz CT molecular complexity index is 1000. The number of ether oxygens (including phenoxy) is 3. The lowest BCUT2D eigenvalue weighted by molar-refractivity contribution is -0.112. The molecule has 0 atom stereocenters. The first-order valence-corrected chi connectivity index (χ1v) is 9.15. The second-order valence-electron chi connectivity index (χ2n) is 5.94. The van der Waals surface area contributed by atoms with Crippen LogP contribution in [0.4, 0.5) is 14.5 Å². The van der Waals surface area contributed by atoms with Crippen LogP contribution in [-0.2, 0) is 4.79 Å². The number of carbonyl (C=O) groups excluding carboxylic acids is 1. The average molecular weight is 437 g/mol. The van der Waals surface area contributed by atoms with Crippen molar-refractivity contribution in [3.8, 4) is 23.3 Å². The Morgan fingerprint density at radius 3 is 2.60 bits per heavy atom. The number of methoxy groups -OCH3 is 1. The molecule has 9 heteroatoms. The third-order valence-electron chi connectivity index (χ3n) is 3.89. The highest BCUT2D eigenvalue weighted by Gasteiger charge is 2.16. The fourth-order valence-corrected chi connectivity index (χ4v) is 2.66. The number of hydrogen-bond acceptors (Lipinski definition) is 5. The lowest BCUT2D eigenvalue weighted by Crippen LogP contribution is -2.14. The number of carbonyl (C=O) groups is 1. The summed E-state index contributed by atoms with van der Waals surface area (Å²) >= 11 is 6.06. The highest BCUT2D eigenvalue weighted by molar-refractivity contribution is 6.31. The van der Waals surface area contributed by atoms with Crippen molar-refractivity contribution in [2.75, 3.05) is 19.0 Å². The molecule has 0 fully saturated rings. The molecule has 2 aromatic rings. The van der Waals surface area contributed by atoms with Crippen LogP contribution in [-0.4, -0.2) is 26.2 Å². The van der Waals surface area contributed by atoms with Gasteiger partial charge >= 0.3 is 6.61 Å². The maximum Gasteiger partial charge on any atom is 0.387 e. The number of benzene rings is 2. The number of nitrogens with one attached hydrogen (secondary N) is 1. The van der Waals surface area contributed by atoms with Crippen molar-refractivity contribution in [2.45, 2.75) is 20.5 Å². The molecular weight excluding hydrogens is 418 g/mol. The van der Waals surface area contributed by atoms with Crippen molar-refractivity contribution in [3.05, 3.63) is 52.1 Å². The minimum Gasteiger partial charge on any atom is -0.495 e. The van der Waals surface area contributed by atoms with Gasteiger partial charge < -0.3 is 19.5 Å². The Hall–Kier alpha value is -3.31. The standard InChI is InChI=1S/C21H19ClF2N2O4/c1-4-29-19-9-13(5-6-17(19)30-21(23)24)8-14(11-25)20(27)26-16-7-12(2)15(22)10-18(16)28-3/h5-10,21H,4H2,1-3H3,(H,26,27)/b14-8+. The summed E-state index contributed by atoms with van der Waals surface area (Å²) < 4.78 is 40.0. The van der Waals surface area contributed by atoms with Gasteiger partial charge in [-0.2, -0.15) is 14.0 Å². The second-order valence-corrected chi connectivity index (χ2v) is 6.35. The van der Waals surface area contributed by atoms with E-state index in [0.29, 0.717) is 27.6 Å². The number of anilines is 1. The van der Waals surface area contributed by atoms with E-state index in [1.54, 1.807) is 26.0 Å². The van der Waals surface area contributed by atoms with E-state index in [1.165, 1.54) is 31.4 Å². The van der Waals surface area contributed by atoms with Gasteiger partial charge in [0.15, 0.2) is 11.5 Å². The Morgan fingerprint density at radius 2 is 2.00 bits per heavy atom. The van der Waals surface area contributed by atoms with Gasteiger partial charge in [0, 0.05) is 11.1 Å². The molecule has 0 aliphatic rings. The summed E-state index contributed by atoms with van der Waals surface area (Å²) in [4.78, 5) is 12.6. The number of aryl methyl sites for hydroxylation is 1. The molecule has 1 amide bonds. The van der Waals surface area contributed by atoms with Crippen molar-refractivity contribution in [2.24, 2.45) is 0 Å². The topological polar surface area (TPSA) is 80.6 Å². The van der Waals surface area contributed by atoms with E-state index < -0.39 is 12.5 Å². The average Bonchev–Trinajstić information content (AvgIpc) is 2.70. The van der Waals surface area contributed by atoms with Crippen molar-refractivity contribution in [1.82, 2.24) is 0 Å². The Morgan fingerprint density at radius 1 is 1.27 bits per heavy atom. The monoisotopic (exact) mass is 436 g/mol. The van der Waals surface area contributed by atoms with Crippen molar-refractivity contribution >= 4 is 29.3 Å². The number of amides is 1. The first-order valence-electron chi connectivity index (χ1n) is 8.78. The van der Waals surface area contributed by atoms with E-state index in [4.69, 9.17) is 21.1 Å². The smallest absolute Gasteiger partial charge is 0.387 e. The summed E-state index contributed by atoms with van der Waals surface area (Å²) in [6.45, 7) is 0.652. The molecule has 0 unspecified atom stereocenters. The van der Waals surface area contributed by atoms with E-state index in [9.17, 15) is 18.8 Å². The van der Waals surface area contributed by atoms with Gasteiger partial charge in [0.1, 0.15) is 17.4 Å². The molecule has 2 rings (SSSR count). The molecule has 0 spiro atoms. The van der Waals surface area contributed by atoms with Gasteiger partial charge in [-0.1, -0.05) is 17.7 Å². The van der Waals surface area contributed by atoms with Crippen LogP contribution in [0, 0.1) is 18.3 Å². The minimum atomic E-state index is -3.01. The zero-order chi connectivity index (χ0) is 22.3. The molecule has 0 aliphatic carbocycles. The number of nitriles is 1. The predicted molar refractivity (Wildman–Crippen MR) is 109 cm³/mol. The quantitative estimate of drug-likeness (QED) is 0.454. The summed E-state index contributed by atoms with van der Waals surface area (Å²) in [7, 11) is 1.43. The number of halogens is 3. The van der Waals surface area contributed by atoms with Crippen LogP contribution < -0.4 is 19.5 Å². The molecule has 0 aliphatic heterocycles. The van der Waals surface area contributed by atoms with Crippen LogP contribution in [0.3, 0.4) is 0 Å². The minimum absolute atomic E-state index is 0.0687. The van der Waals surface area contributed by atoms with Crippen LogP contribution >= 0.6 is 11.6 Å². The zero-order valence-electron chi connectivity index (χ0n) is 16.5. The lowest BCUT2D eigenvalue weighted by atomic mass is 10.1. The Kier molecular flexibility index (Phi) is 8.01. The van der Waals surface area contributed by atoms with Crippen molar-refractivity contribution in [1.29, 1.82) is 5.26 Å². The summed E-state index contributed by atoms with van der Waals surface area (Å²) in [6, 6.07) is 9.11. The van der Waals surface area contributed by atoms with E-state index in [2.05, 4.69) is 10.1 Å². The summed E-state index contributed by atoms with van der Waals surface area (Å²) in [5, 5.41) is 12.5. The fraction of sp³-hybridized carbons (Fsp3) is 0.238. The number of hydrogen-bond donors (Lipinski definition) is 1. The van der Waals surface area contributed by atoms with Gasteiger partial charge in [-0.15, -0.1) is 0 Å². The van der Waals surface area contributed by atoms with Crippen LogP contribution in [0.5, 0.6) is 17.2 Å². The molecular formula is C21H19ClF2N2O4. The van der Waals surface area contributed by atoms with Gasteiger partial charge in [-0.25, -0.2) is 0 Å². The van der Waals surface area contributed by atoms with Gasteiger partial charge in [0.25, 0.3) is 5.91 Å². The summed E-state index contributed by atoms with van der Waals surface area (Å²) in [6.07, 6.45) is 1.30. The first-order chi connectivity index (χ1) is 14.3. The highest BCUT2D eigenvalue weighted by atomic mass is 35.5. The number of alkyl halides is 2. The molecule has 0 radical (unpaired) electrons. The third kappa shape index (κ3) is 5.84. The predicted octanol–water partition coefficient (Wildman–Crippen LogP) is 5.20. The highest BCUT2D eigenvalue weighted by Crippen LogP contribution is 2.32. The molecule has 0 saturated heterocycles. The number of rotatable bonds is 8. The van der Waals surface area contributed by atoms with Crippen LogP contribution in [0.2, 0.25) is 5.02 Å².